The Morgan fingerprint density at radius 3 is 2.30 bits per heavy atom. The molecule has 1 aliphatic rings. The molecule has 1 nitrogen and oxygen atoms in total. The van der Waals surface area contributed by atoms with Crippen molar-refractivity contribution < 1.29 is 16.5 Å². The van der Waals surface area contributed by atoms with Crippen molar-refractivity contribution in [1.29, 1.82) is 0 Å². The fraction of sp³-hybridized carbons (Fsp3) is 1.00. The molecule has 0 saturated carbocycles. The average molecular weight is 429 g/mol. The summed E-state index contributed by atoms with van der Waals surface area (Å²) in [7, 11) is 9.75. The first-order valence-corrected chi connectivity index (χ1v) is 9.45. The van der Waals surface area contributed by atoms with Crippen molar-refractivity contribution in [3.8, 4) is 0 Å². The van der Waals surface area contributed by atoms with Crippen molar-refractivity contribution in [3.05, 3.63) is 5.32 Å². The number of piperidine rings is 1. The number of hydrogen-bond acceptors (Lipinski definition) is 0. The molecule has 0 amide bonds. The Bertz CT molecular complexity index is 70.7. The monoisotopic (exact) mass is 427 g/mol. The summed E-state index contributed by atoms with van der Waals surface area (Å²) in [6.07, 6.45) is 2.58. The Kier molecular flexibility index (Phi) is 10.3. The number of alkyl halides is 1. The maximum atomic E-state index is 4.88. The van der Waals surface area contributed by atoms with E-state index < -0.39 is 16.5 Å². The average Bonchev–Trinajstić information content (AvgIpc) is 1.91. The second-order valence-electron chi connectivity index (χ2n) is 1.91. The van der Waals surface area contributed by atoms with Crippen LogP contribution in [0.15, 0.2) is 0 Å². The Labute approximate surface area is 86.7 Å². The quantitative estimate of drug-likeness (QED) is 0.526. The summed E-state index contributed by atoms with van der Waals surface area (Å²) < 4.78 is 0. The molecule has 1 fully saturated rings. The molecule has 0 N–H and O–H groups in total. The van der Waals surface area contributed by atoms with E-state index >= 15 is 0 Å². The minimum absolute atomic E-state index is 0.472. The van der Waals surface area contributed by atoms with Crippen molar-refractivity contribution in [2.24, 2.45) is 0 Å². The van der Waals surface area contributed by atoms with Gasteiger partial charge in [-0.3, -0.25) is 0 Å². The van der Waals surface area contributed by atoms with Crippen LogP contribution >= 0.6 is 34.8 Å². The molecule has 0 aromatic heterocycles. The van der Waals surface area contributed by atoms with Crippen LogP contribution in [0.4, 0.5) is 0 Å². The maximum absolute atomic E-state index is 4.88. The zero-order chi connectivity index (χ0) is 7.82. The van der Waals surface area contributed by atoms with E-state index in [0.717, 1.165) is 13.1 Å². The molecule has 1 rings (SSSR count). The van der Waals surface area contributed by atoms with E-state index in [2.05, 4.69) is 21.2 Å². The summed E-state index contributed by atoms with van der Waals surface area (Å²) in [5.74, 6) is 0. The third-order valence-corrected chi connectivity index (χ3v) is 1.91. The Morgan fingerprint density at radius 1 is 1.50 bits per heavy atom. The van der Waals surface area contributed by atoms with Gasteiger partial charge in [-0.15, -0.1) is 13.1 Å². The van der Waals surface area contributed by atoms with Crippen molar-refractivity contribution in [2.45, 2.75) is 17.7 Å². The van der Waals surface area contributed by atoms with Gasteiger partial charge < -0.3 is 5.32 Å². The van der Waals surface area contributed by atoms with Crippen LogP contribution in [-0.2, 0) is 16.5 Å². The number of halogens is 3. The Hall–Kier alpha value is 1.71. The molecule has 0 radical (unpaired) electrons. The fourth-order valence-electron chi connectivity index (χ4n) is 0.747. The molecular formula is C5H9BrCl2NPt+. The van der Waals surface area contributed by atoms with Gasteiger partial charge in [0.2, 0.25) is 0 Å². The summed E-state index contributed by atoms with van der Waals surface area (Å²) >= 11 is 3.02. The van der Waals surface area contributed by atoms with E-state index in [9.17, 15) is 0 Å². The van der Waals surface area contributed by atoms with E-state index in [1.807, 2.05) is 0 Å². The third-order valence-electron chi connectivity index (χ3n) is 1.16. The molecule has 1 saturated heterocycles. The van der Waals surface area contributed by atoms with Gasteiger partial charge in [-0.25, -0.2) is 0 Å². The van der Waals surface area contributed by atoms with Crippen molar-refractivity contribution >= 4 is 34.8 Å². The van der Waals surface area contributed by atoms with Gasteiger partial charge in [0.1, 0.15) is 0 Å². The molecule has 10 heavy (non-hydrogen) atoms. The number of nitrogens with zero attached hydrogens (tertiary/aromatic N) is 1. The van der Waals surface area contributed by atoms with Gasteiger partial charge >= 0.3 is 35.3 Å². The van der Waals surface area contributed by atoms with Crippen LogP contribution in [0.3, 0.4) is 0 Å². The first-order chi connectivity index (χ1) is 4.81. The normalized spacial score (nSPS) is 25.3. The van der Waals surface area contributed by atoms with Gasteiger partial charge in [0.25, 0.3) is 0 Å². The molecule has 1 unspecified atom stereocenters. The predicted molar refractivity (Wildman–Crippen MR) is 46.7 cm³/mol. The molecule has 0 spiro atoms. The summed E-state index contributed by atoms with van der Waals surface area (Å²) in [5, 5.41) is 4.21. The molecule has 1 atom stereocenters. The van der Waals surface area contributed by atoms with Gasteiger partial charge in [-0.05, 0) is 11.2 Å². The Balaban J connectivity index is 0.000000236. The van der Waals surface area contributed by atoms with E-state index in [4.69, 9.17) is 18.8 Å². The van der Waals surface area contributed by atoms with Gasteiger partial charge in [0.15, 0.2) is 0 Å². The van der Waals surface area contributed by atoms with Gasteiger partial charge in [-0.1, -0.05) is 22.4 Å². The molecule has 0 aliphatic carbocycles. The minimum atomic E-state index is -0.472. The predicted octanol–water partition coefficient (Wildman–Crippen LogP) is 3.29. The zero-order valence-electron chi connectivity index (χ0n) is 5.30. The molecule has 64 valence electrons. The van der Waals surface area contributed by atoms with Crippen LogP contribution in [0.2, 0.25) is 0 Å². The summed E-state index contributed by atoms with van der Waals surface area (Å²) in [5.41, 5.74) is 0. The molecule has 1 heterocycles. The second kappa shape index (κ2) is 8.80. The second-order valence-corrected chi connectivity index (χ2v) is 6.49. The first kappa shape index (κ1) is 11.7. The molecular weight excluding hydrogens is 420 g/mol. The number of hydrogen-bond donors (Lipinski definition) is 0. The van der Waals surface area contributed by atoms with E-state index in [-0.39, 0.29) is 0 Å². The summed E-state index contributed by atoms with van der Waals surface area (Å²) in [6.45, 7) is 2.11. The summed E-state index contributed by atoms with van der Waals surface area (Å²) in [4.78, 5) is 0.682. The molecule has 0 aromatic rings. The van der Waals surface area contributed by atoms with Crippen LogP contribution in [0.1, 0.15) is 12.8 Å². The van der Waals surface area contributed by atoms with Gasteiger partial charge in [-0.2, -0.15) is 0 Å². The fourth-order valence-corrected chi connectivity index (χ4v) is 1.28. The van der Waals surface area contributed by atoms with Crippen LogP contribution in [0, 0.1) is 0 Å². The zero-order valence-corrected chi connectivity index (χ0v) is 10.7. The number of rotatable bonds is 0. The van der Waals surface area contributed by atoms with E-state index in [1.54, 1.807) is 0 Å². The first-order valence-electron chi connectivity index (χ1n) is 2.91. The van der Waals surface area contributed by atoms with Crippen molar-refractivity contribution in [2.75, 3.05) is 13.1 Å². The van der Waals surface area contributed by atoms with Crippen LogP contribution in [-0.4, -0.2) is 17.9 Å². The molecule has 1 aliphatic heterocycles. The molecule has 5 heteroatoms. The van der Waals surface area contributed by atoms with E-state index in [0.29, 0.717) is 4.83 Å². The molecule has 0 bridgehead atoms. The standard InChI is InChI=1S/C5H9BrN.2ClH.Pt/c6-5-2-1-3-7-4-5;;;/h5H,1-4H2;2*1H;/q-1;;;+4/p-2. The summed E-state index contributed by atoms with van der Waals surface area (Å²) in [6, 6.07) is 0. The van der Waals surface area contributed by atoms with Gasteiger partial charge in [0.05, 0.1) is 0 Å². The van der Waals surface area contributed by atoms with Crippen LogP contribution in [0.5, 0.6) is 0 Å². The SMILES string of the molecule is BrC1CCC[N-]C1.[Cl][Pt+2][Cl]. The Morgan fingerprint density at radius 2 is 2.10 bits per heavy atom. The third kappa shape index (κ3) is 7.81. The molecule has 0 aromatic carbocycles. The van der Waals surface area contributed by atoms with Gasteiger partial charge in [0, 0.05) is 0 Å². The van der Waals surface area contributed by atoms with Crippen LogP contribution in [0.25, 0.3) is 5.32 Å². The van der Waals surface area contributed by atoms with Crippen molar-refractivity contribution in [3.63, 3.8) is 0 Å². The topological polar surface area (TPSA) is 14.1 Å². The van der Waals surface area contributed by atoms with E-state index in [1.165, 1.54) is 12.8 Å². The van der Waals surface area contributed by atoms with Crippen LogP contribution < -0.4 is 0 Å². The van der Waals surface area contributed by atoms with Crippen molar-refractivity contribution in [1.82, 2.24) is 0 Å².